The Morgan fingerprint density at radius 2 is 2.00 bits per heavy atom. The number of fused-ring (bicyclic) bond motifs is 2. The van der Waals surface area contributed by atoms with E-state index in [-0.39, 0.29) is 17.4 Å². The largest absolute Gasteiger partial charge is 0.490 e. The molecule has 3 aliphatic heterocycles. The minimum Gasteiger partial charge on any atom is -0.490 e. The van der Waals surface area contributed by atoms with E-state index < -0.39 is 15.4 Å². The number of hydrogen-bond acceptors (Lipinski definition) is 6. The fourth-order valence-electron chi connectivity index (χ4n) is 3.89. The molecule has 1 N–H and O–H groups in total. The average molecular weight is 369 g/mol. The molecule has 2 fully saturated rings. The van der Waals surface area contributed by atoms with Crippen LogP contribution in [0.25, 0.3) is 0 Å². The second-order valence-corrected chi connectivity index (χ2v) is 8.94. The van der Waals surface area contributed by atoms with Gasteiger partial charge in [0, 0.05) is 43.5 Å². The van der Waals surface area contributed by atoms with Gasteiger partial charge in [-0.2, -0.15) is 4.31 Å². The van der Waals surface area contributed by atoms with Crippen LogP contribution in [0.5, 0.6) is 11.5 Å². The highest BCUT2D eigenvalue weighted by molar-refractivity contribution is 7.89. The van der Waals surface area contributed by atoms with Crippen molar-refractivity contribution in [1.82, 2.24) is 4.31 Å². The van der Waals surface area contributed by atoms with E-state index in [1.807, 2.05) is 0 Å². The monoisotopic (exact) mass is 369 g/mol. The van der Waals surface area contributed by atoms with Gasteiger partial charge in [0.2, 0.25) is 10.0 Å². The van der Waals surface area contributed by atoms with Crippen LogP contribution in [0.4, 0.5) is 0 Å². The lowest BCUT2D eigenvalue weighted by atomic mass is 9.75. The summed E-state index contributed by atoms with van der Waals surface area (Å²) in [6.45, 7) is 2.81. The van der Waals surface area contributed by atoms with Crippen molar-refractivity contribution in [3.63, 3.8) is 0 Å². The molecule has 2 saturated heterocycles. The lowest BCUT2D eigenvalue weighted by Crippen LogP contribution is -2.41. The molecule has 2 atom stereocenters. The minimum atomic E-state index is -3.66. The molecule has 0 spiro atoms. The van der Waals surface area contributed by atoms with Gasteiger partial charge in [0.1, 0.15) is 0 Å². The predicted octanol–water partition coefficient (Wildman–Crippen LogP) is 0.867. The number of ether oxygens (including phenoxy) is 3. The van der Waals surface area contributed by atoms with Crippen LogP contribution in [-0.4, -0.2) is 64.0 Å². The van der Waals surface area contributed by atoms with E-state index in [1.165, 1.54) is 4.31 Å². The standard InChI is InChI=1S/C17H23NO6S/c19-12-17-4-7-22-10-13(17)9-18(11-17)25(20,21)14-2-3-15-16(8-14)24-6-1-5-23-15/h2-3,8,13,19H,1,4-7,9-12H2/t13-,17-/m1/s1. The normalized spacial score (nSPS) is 29.9. The fraction of sp³-hybridized carbons (Fsp3) is 0.647. The first-order valence-electron chi connectivity index (χ1n) is 8.64. The summed E-state index contributed by atoms with van der Waals surface area (Å²) in [6.07, 6.45) is 1.45. The number of nitrogens with zero attached hydrogens (tertiary/aromatic N) is 1. The SMILES string of the molecule is O=S(=O)(c1ccc2c(c1)OCCCO2)N1C[C@@H]2COCC[C@]2(CO)C1. The molecule has 0 amide bonds. The Balaban J connectivity index is 1.63. The van der Waals surface area contributed by atoms with Crippen LogP contribution in [0, 0.1) is 11.3 Å². The van der Waals surface area contributed by atoms with Crippen LogP contribution in [0.15, 0.2) is 23.1 Å². The molecule has 0 radical (unpaired) electrons. The molecule has 138 valence electrons. The first kappa shape index (κ1) is 17.1. The van der Waals surface area contributed by atoms with Crippen molar-refractivity contribution in [1.29, 1.82) is 0 Å². The minimum absolute atomic E-state index is 0.0197. The van der Waals surface area contributed by atoms with Crippen LogP contribution in [-0.2, 0) is 14.8 Å². The van der Waals surface area contributed by atoms with E-state index in [0.717, 1.165) is 6.42 Å². The Bertz CT molecular complexity index is 752. The van der Waals surface area contributed by atoms with E-state index in [2.05, 4.69) is 0 Å². The van der Waals surface area contributed by atoms with Crippen LogP contribution in [0.1, 0.15) is 12.8 Å². The van der Waals surface area contributed by atoms with E-state index in [4.69, 9.17) is 14.2 Å². The second kappa shape index (κ2) is 6.42. The second-order valence-electron chi connectivity index (χ2n) is 7.00. The molecule has 0 bridgehead atoms. The predicted molar refractivity (Wildman–Crippen MR) is 89.3 cm³/mol. The number of hydrogen-bond donors (Lipinski definition) is 1. The summed E-state index contributed by atoms with van der Waals surface area (Å²) in [6, 6.07) is 4.76. The van der Waals surface area contributed by atoms with Crippen molar-refractivity contribution in [2.45, 2.75) is 17.7 Å². The molecular weight excluding hydrogens is 346 g/mol. The van der Waals surface area contributed by atoms with Gasteiger partial charge in [-0.05, 0) is 18.6 Å². The third-order valence-corrected chi connectivity index (χ3v) is 7.32. The smallest absolute Gasteiger partial charge is 0.243 e. The third-order valence-electron chi connectivity index (χ3n) is 5.52. The molecule has 0 unspecified atom stereocenters. The zero-order valence-corrected chi connectivity index (χ0v) is 14.8. The molecular formula is C17H23NO6S. The molecule has 1 aromatic carbocycles. The maximum atomic E-state index is 13.1. The molecule has 3 heterocycles. The van der Waals surface area contributed by atoms with Gasteiger partial charge in [0.25, 0.3) is 0 Å². The Hall–Kier alpha value is -1.35. The highest BCUT2D eigenvalue weighted by Gasteiger charge is 2.51. The number of aliphatic hydroxyl groups is 1. The first-order valence-corrected chi connectivity index (χ1v) is 10.1. The lowest BCUT2D eigenvalue weighted by molar-refractivity contribution is -0.0414. The summed E-state index contributed by atoms with van der Waals surface area (Å²) >= 11 is 0. The van der Waals surface area contributed by atoms with Gasteiger partial charge in [0.05, 0.1) is 31.3 Å². The average Bonchev–Trinajstić information content (AvgIpc) is 2.88. The maximum absolute atomic E-state index is 13.1. The van der Waals surface area contributed by atoms with Crippen LogP contribution in [0.3, 0.4) is 0 Å². The topological polar surface area (TPSA) is 85.3 Å². The van der Waals surface area contributed by atoms with E-state index in [1.54, 1.807) is 18.2 Å². The zero-order valence-electron chi connectivity index (χ0n) is 14.0. The van der Waals surface area contributed by atoms with Crippen molar-refractivity contribution in [3.8, 4) is 11.5 Å². The van der Waals surface area contributed by atoms with Gasteiger partial charge >= 0.3 is 0 Å². The molecule has 0 saturated carbocycles. The molecule has 7 nitrogen and oxygen atoms in total. The van der Waals surface area contributed by atoms with E-state index >= 15 is 0 Å². The zero-order chi connectivity index (χ0) is 17.5. The summed E-state index contributed by atoms with van der Waals surface area (Å²) in [7, 11) is -3.66. The summed E-state index contributed by atoms with van der Waals surface area (Å²) in [5.41, 5.74) is -0.392. The van der Waals surface area contributed by atoms with Crippen molar-refractivity contribution >= 4 is 10.0 Å². The third kappa shape index (κ3) is 2.91. The van der Waals surface area contributed by atoms with Gasteiger partial charge in [-0.15, -0.1) is 0 Å². The molecule has 0 aromatic heterocycles. The van der Waals surface area contributed by atoms with Gasteiger partial charge in [-0.25, -0.2) is 8.42 Å². The highest BCUT2D eigenvalue weighted by atomic mass is 32.2. The molecule has 25 heavy (non-hydrogen) atoms. The summed E-state index contributed by atoms with van der Waals surface area (Å²) < 4.78 is 44.4. The van der Waals surface area contributed by atoms with Crippen molar-refractivity contribution in [3.05, 3.63) is 18.2 Å². The van der Waals surface area contributed by atoms with Gasteiger partial charge in [-0.3, -0.25) is 0 Å². The summed E-state index contributed by atoms with van der Waals surface area (Å²) in [5.74, 6) is 1.07. The first-order chi connectivity index (χ1) is 12.0. The lowest BCUT2D eigenvalue weighted by Gasteiger charge is -2.36. The Labute approximate surface area is 147 Å². The summed E-state index contributed by atoms with van der Waals surface area (Å²) in [5, 5.41) is 9.88. The summed E-state index contributed by atoms with van der Waals surface area (Å²) in [4.78, 5) is 0.199. The van der Waals surface area contributed by atoms with Crippen LogP contribution < -0.4 is 9.47 Å². The van der Waals surface area contributed by atoms with Crippen molar-refractivity contribution in [2.75, 3.05) is 46.1 Å². The molecule has 0 aliphatic carbocycles. The van der Waals surface area contributed by atoms with Crippen molar-refractivity contribution < 1.29 is 27.7 Å². The number of rotatable bonds is 3. The van der Waals surface area contributed by atoms with Crippen LogP contribution >= 0.6 is 0 Å². The number of benzene rings is 1. The fourth-order valence-corrected chi connectivity index (χ4v) is 5.49. The molecule has 4 rings (SSSR count). The number of aliphatic hydroxyl groups excluding tert-OH is 1. The van der Waals surface area contributed by atoms with Gasteiger partial charge in [-0.1, -0.05) is 0 Å². The molecule has 3 aliphatic rings. The van der Waals surface area contributed by atoms with Gasteiger partial charge in [0.15, 0.2) is 11.5 Å². The van der Waals surface area contributed by atoms with E-state index in [9.17, 15) is 13.5 Å². The molecule has 1 aromatic rings. The van der Waals surface area contributed by atoms with Crippen molar-refractivity contribution in [2.24, 2.45) is 11.3 Å². The number of sulfonamides is 1. The van der Waals surface area contributed by atoms with E-state index in [0.29, 0.717) is 57.4 Å². The Morgan fingerprint density at radius 3 is 2.76 bits per heavy atom. The quantitative estimate of drug-likeness (QED) is 0.851. The Morgan fingerprint density at radius 1 is 1.20 bits per heavy atom. The maximum Gasteiger partial charge on any atom is 0.243 e. The Kier molecular flexibility index (Phi) is 4.39. The van der Waals surface area contributed by atoms with Gasteiger partial charge < -0.3 is 19.3 Å². The highest BCUT2D eigenvalue weighted by Crippen LogP contribution is 2.44. The molecule has 8 heteroatoms. The van der Waals surface area contributed by atoms with Crippen LogP contribution in [0.2, 0.25) is 0 Å².